The minimum absolute atomic E-state index is 0.0635. The molecule has 0 N–H and O–H groups in total. The first kappa shape index (κ1) is 15.0. The van der Waals surface area contributed by atoms with Crippen LogP contribution in [0.25, 0.3) is 16.9 Å². The van der Waals surface area contributed by atoms with Crippen molar-refractivity contribution in [3.05, 3.63) is 65.9 Å². The molecule has 0 aliphatic heterocycles. The summed E-state index contributed by atoms with van der Waals surface area (Å²) in [6, 6.07) is 13.5. The maximum Gasteiger partial charge on any atom is 0.416 e. The Morgan fingerprint density at radius 2 is 1.74 bits per heavy atom. The van der Waals surface area contributed by atoms with E-state index in [-0.39, 0.29) is 11.4 Å². The first-order valence-corrected chi connectivity index (χ1v) is 6.64. The Morgan fingerprint density at radius 3 is 2.39 bits per heavy atom. The van der Waals surface area contributed by atoms with Gasteiger partial charge in [0, 0.05) is 5.56 Å². The smallest absolute Gasteiger partial charge is 0.296 e. The molecule has 0 bridgehead atoms. The van der Waals surface area contributed by atoms with E-state index in [1.54, 1.807) is 30.3 Å². The lowest BCUT2D eigenvalue weighted by atomic mass is 10.1. The standard InChI is InChI=1S/C16H10F3N3O/c17-16(18,19)12-7-4-8-13(9-12)22-15(14(10-23)20-21-22)11-5-2-1-3-6-11/h1-10H. The Hall–Kier alpha value is -2.96. The number of aromatic nitrogens is 3. The normalized spacial score (nSPS) is 11.4. The topological polar surface area (TPSA) is 47.8 Å². The van der Waals surface area contributed by atoms with Gasteiger partial charge >= 0.3 is 6.18 Å². The highest BCUT2D eigenvalue weighted by molar-refractivity contribution is 5.83. The monoisotopic (exact) mass is 317 g/mol. The summed E-state index contributed by atoms with van der Waals surface area (Å²) in [5, 5.41) is 7.57. The van der Waals surface area contributed by atoms with Crippen LogP contribution >= 0.6 is 0 Å². The van der Waals surface area contributed by atoms with Crippen molar-refractivity contribution in [3.8, 4) is 16.9 Å². The molecule has 2 aromatic carbocycles. The van der Waals surface area contributed by atoms with Crippen LogP contribution < -0.4 is 0 Å². The van der Waals surface area contributed by atoms with Gasteiger partial charge in [-0.05, 0) is 18.2 Å². The lowest BCUT2D eigenvalue weighted by molar-refractivity contribution is -0.137. The number of rotatable bonds is 3. The second-order valence-corrected chi connectivity index (χ2v) is 4.77. The summed E-state index contributed by atoms with van der Waals surface area (Å²) < 4.78 is 39.9. The zero-order chi connectivity index (χ0) is 16.4. The van der Waals surface area contributed by atoms with Gasteiger partial charge in [0.05, 0.1) is 11.3 Å². The first-order valence-electron chi connectivity index (χ1n) is 6.64. The molecule has 0 unspecified atom stereocenters. The summed E-state index contributed by atoms with van der Waals surface area (Å²) in [7, 11) is 0. The molecule has 1 heterocycles. The predicted octanol–water partition coefficient (Wildman–Crippen LogP) is 3.77. The lowest BCUT2D eigenvalue weighted by Crippen LogP contribution is -2.07. The summed E-state index contributed by atoms with van der Waals surface area (Å²) >= 11 is 0. The van der Waals surface area contributed by atoms with Gasteiger partial charge in [0.25, 0.3) is 0 Å². The quantitative estimate of drug-likeness (QED) is 0.691. The molecule has 3 rings (SSSR count). The van der Waals surface area contributed by atoms with Crippen LogP contribution in [0.4, 0.5) is 13.2 Å². The van der Waals surface area contributed by atoms with Crippen LogP contribution in [0, 0.1) is 0 Å². The molecule has 0 saturated heterocycles. The molecule has 1 aromatic heterocycles. The molecule has 3 aromatic rings. The van der Waals surface area contributed by atoms with Gasteiger partial charge < -0.3 is 0 Å². The number of aldehydes is 1. The number of halogens is 3. The van der Waals surface area contributed by atoms with Crippen LogP contribution in [0.5, 0.6) is 0 Å². The number of carbonyl (C=O) groups is 1. The van der Waals surface area contributed by atoms with Crippen molar-refractivity contribution in [1.29, 1.82) is 0 Å². The molecule has 0 aliphatic carbocycles. The van der Waals surface area contributed by atoms with Crippen LogP contribution in [0.1, 0.15) is 16.1 Å². The van der Waals surface area contributed by atoms with E-state index < -0.39 is 11.7 Å². The number of hydrogen-bond acceptors (Lipinski definition) is 3. The minimum Gasteiger partial charge on any atom is -0.296 e. The van der Waals surface area contributed by atoms with Crippen molar-refractivity contribution < 1.29 is 18.0 Å². The molecule has 116 valence electrons. The third kappa shape index (κ3) is 2.85. The summed E-state index contributed by atoms with van der Waals surface area (Å²) in [6.07, 6.45) is -3.93. The van der Waals surface area contributed by atoms with E-state index in [1.165, 1.54) is 16.8 Å². The predicted molar refractivity (Wildman–Crippen MR) is 77.2 cm³/mol. The van der Waals surface area contributed by atoms with Crippen molar-refractivity contribution in [3.63, 3.8) is 0 Å². The van der Waals surface area contributed by atoms with Gasteiger partial charge in [0.1, 0.15) is 5.69 Å². The third-order valence-corrected chi connectivity index (χ3v) is 3.27. The molecule has 0 spiro atoms. The maximum atomic E-state index is 12.9. The molecule has 0 atom stereocenters. The molecule has 0 aliphatic rings. The van der Waals surface area contributed by atoms with Crippen molar-refractivity contribution in [1.82, 2.24) is 15.0 Å². The van der Waals surface area contributed by atoms with Gasteiger partial charge in [-0.3, -0.25) is 4.79 Å². The Bertz CT molecular complexity index is 841. The third-order valence-electron chi connectivity index (χ3n) is 3.27. The average Bonchev–Trinajstić information content (AvgIpc) is 2.99. The van der Waals surface area contributed by atoms with Gasteiger partial charge in [-0.1, -0.05) is 41.6 Å². The van der Waals surface area contributed by atoms with Crippen molar-refractivity contribution in [2.45, 2.75) is 6.18 Å². The molecule has 0 radical (unpaired) electrons. The van der Waals surface area contributed by atoms with E-state index in [9.17, 15) is 18.0 Å². The maximum absolute atomic E-state index is 12.9. The SMILES string of the molecule is O=Cc1nnn(-c2cccc(C(F)(F)F)c2)c1-c1ccccc1. The molecule has 23 heavy (non-hydrogen) atoms. The lowest BCUT2D eigenvalue weighted by Gasteiger charge is -2.10. The van der Waals surface area contributed by atoms with Crippen molar-refractivity contribution in [2.24, 2.45) is 0 Å². The Morgan fingerprint density at radius 1 is 1.00 bits per heavy atom. The average molecular weight is 317 g/mol. The molecule has 0 fully saturated rings. The Kier molecular flexibility index (Phi) is 3.69. The largest absolute Gasteiger partial charge is 0.416 e. The molecule has 4 nitrogen and oxygen atoms in total. The highest BCUT2D eigenvalue weighted by Crippen LogP contribution is 2.31. The fourth-order valence-corrected chi connectivity index (χ4v) is 2.23. The van der Waals surface area contributed by atoms with Crippen LogP contribution in [-0.4, -0.2) is 21.3 Å². The first-order chi connectivity index (χ1) is 11.0. The van der Waals surface area contributed by atoms with Crippen molar-refractivity contribution >= 4 is 6.29 Å². The van der Waals surface area contributed by atoms with E-state index in [1.807, 2.05) is 0 Å². The summed E-state index contributed by atoms with van der Waals surface area (Å²) in [5.41, 5.74) is 0.432. The molecular weight excluding hydrogens is 307 g/mol. The highest BCUT2D eigenvalue weighted by Gasteiger charge is 2.31. The van der Waals surface area contributed by atoms with E-state index in [4.69, 9.17) is 0 Å². The molecular formula is C16H10F3N3O. The van der Waals surface area contributed by atoms with Crippen LogP contribution in [-0.2, 0) is 6.18 Å². The second-order valence-electron chi connectivity index (χ2n) is 4.77. The Labute approximate surface area is 129 Å². The van der Waals surface area contributed by atoms with Crippen LogP contribution in [0.15, 0.2) is 54.6 Å². The zero-order valence-corrected chi connectivity index (χ0v) is 11.7. The van der Waals surface area contributed by atoms with Gasteiger partial charge in [0.15, 0.2) is 12.0 Å². The van der Waals surface area contributed by atoms with Gasteiger partial charge in [-0.15, -0.1) is 5.10 Å². The molecule has 0 amide bonds. The number of benzene rings is 2. The second kappa shape index (κ2) is 5.68. The molecule has 7 heteroatoms. The zero-order valence-electron chi connectivity index (χ0n) is 11.7. The minimum atomic E-state index is -4.46. The number of carbonyl (C=O) groups excluding carboxylic acids is 1. The van der Waals surface area contributed by atoms with Gasteiger partial charge in [-0.2, -0.15) is 13.2 Å². The number of hydrogen-bond donors (Lipinski definition) is 0. The molecule has 0 saturated carbocycles. The number of alkyl halides is 3. The summed E-state index contributed by atoms with van der Waals surface area (Å²) in [6.45, 7) is 0. The fraction of sp³-hybridized carbons (Fsp3) is 0.0625. The van der Waals surface area contributed by atoms with Crippen LogP contribution in [0.2, 0.25) is 0 Å². The van der Waals surface area contributed by atoms with E-state index in [2.05, 4.69) is 10.3 Å². The number of nitrogens with zero attached hydrogens (tertiary/aromatic N) is 3. The van der Waals surface area contributed by atoms with Crippen molar-refractivity contribution in [2.75, 3.05) is 0 Å². The van der Waals surface area contributed by atoms with E-state index in [0.717, 1.165) is 12.1 Å². The highest BCUT2D eigenvalue weighted by atomic mass is 19.4. The fourth-order valence-electron chi connectivity index (χ4n) is 2.23. The Balaban J connectivity index is 2.19. The summed E-state index contributed by atoms with van der Waals surface area (Å²) in [5.74, 6) is 0. The summed E-state index contributed by atoms with van der Waals surface area (Å²) in [4.78, 5) is 11.2. The van der Waals surface area contributed by atoms with Gasteiger partial charge in [0.2, 0.25) is 0 Å². The van der Waals surface area contributed by atoms with E-state index >= 15 is 0 Å². The van der Waals surface area contributed by atoms with E-state index in [0.29, 0.717) is 17.5 Å². The van der Waals surface area contributed by atoms with Gasteiger partial charge in [-0.25, -0.2) is 4.68 Å². The van der Waals surface area contributed by atoms with Crippen LogP contribution in [0.3, 0.4) is 0 Å².